The van der Waals surface area contributed by atoms with Crippen LogP contribution in [0.2, 0.25) is 0 Å². The summed E-state index contributed by atoms with van der Waals surface area (Å²) in [5.41, 5.74) is 1.14. The molecule has 2 N–H and O–H groups in total. The van der Waals surface area contributed by atoms with Crippen LogP contribution in [0.4, 0.5) is 10.5 Å². The van der Waals surface area contributed by atoms with Gasteiger partial charge >= 0.3 is 6.03 Å². The van der Waals surface area contributed by atoms with E-state index in [1.807, 2.05) is 18.2 Å². The normalized spacial score (nSPS) is 17.8. The predicted molar refractivity (Wildman–Crippen MR) is 98.0 cm³/mol. The largest absolute Gasteiger partial charge is 0.497 e. The molecule has 0 bridgehead atoms. The fourth-order valence-corrected chi connectivity index (χ4v) is 2.97. The summed E-state index contributed by atoms with van der Waals surface area (Å²) in [6, 6.07) is 7.17. The Morgan fingerprint density at radius 1 is 1.40 bits per heavy atom. The van der Waals surface area contributed by atoms with Crippen LogP contribution in [0.5, 0.6) is 5.75 Å². The van der Waals surface area contributed by atoms with Crippen LogP contribution in [-0.4, -0.2) is 63.7 Å². The van der Waals surface area contributed by atoms with Gasteiger partial charge in [-0.2, -0.15) is 0 Å². The summed E-state index contributed by atoms with van der Waals surface area (Å²) >= 11 is 0. The number of carbonyl (C=O) groups is 2. The number of methoxy groups -OCH3 is 1. The van der Waals surface area contributed by atoms with E-state index in [0.29, 0.717) is 12.5 Å². The number of amides is 3. The van der Waals surface area contributed by atoms with Crippen molar-refractivity contribution in [2.75, 3.05) is 45.7 Å². The van der Waals surface area contributed by atoms with Crippen LogP contribution in [0.3, 0.4) is 0 Å². The SMILES string of the molecule is COc1cccc(N2CCC(CNC(=O)NC(C)C(=O)N(C)C)C2)c1. The van der Waals surface area contributed by atoms with E-state index in [-0.39, 0.29) is 11.9 Å². The number of anilines is 1. The quantitative estimate of drug-likeness (QED) is 0.813. The topological polar surface area (TPSA) is 73.9 Å². The Labute approximate surface area is 149 Å². The van der Waals surface area contributed by atoms with Gasteiger partial charge in [-0.05, 0) is 31.4 Å². The number of nitrogens with one attached hydrogen (secondary N) is 2. The number of hydrogen-bond donors (Lipinski definition) is 2. The van der Waals surface area contributed by atoms with E-state index < -0.39 is 6.04 Å². The highest BCUT2D eigenvalue weighted by Gasteiger charge is 2.24. The van der Waals surface area contributed by atoms with Crippen LogP contribution in [0, 0.1) is 5.92 Å². The summed E-state index contributed by atoms with van der Waals surface area (Å²) in [7, 11) is 5.00. The van der Waals surface area contributed by atoms with Gasteiger partial charge in [-0.3, -0.25) is 4.79 Å². The summed E-state index contributed by atoms with van der Waals surface area (Å²) in [6.07, 6.45) is 1.02. The standard InChI is InChI=1S/C18H28N4O3/c1-13(17(23)21(2)3)20-18(24)19-11-14-8-9-22(12-14)15-6-5-7-16(10-15)25-4/h5-7,10,13-14H,8-9,11-12H2,1-4H3,(H2,19,20,24). The molecule has 7 nitrogen and oxygen atoms in total. The fourth-order valence-electron chi connectivity index (χ4n) is 2.97. The van der Waals surface area contributed by atoms with Gasteiger partial charge < -0.3 is 25.2 Å². The molecule has 1 aromatic carbocycles. The molecule has 0 saturated carbocycles. The lowest BCUT2D eigenvalue weighted by atomic mass is 10.1. The van der Waals surface area contributed by atoms with Gasteiger partial charge in [0, 0.05) is 45.5 Å². The number of hydrogen-bond acceptors (Lipinski definition) is 4. The predicted octanol–water partition coefficient (Wildman–Crippen LogP) is 1.30. The van der Waals surface area contributed by atoms with Gasteiger partial charge in [0.2, 0.25) is 5.91 Å². The third-order valence-electron chi connectivity index (χ3n) is 4.41. The molecule has 3 amide bonds. The molecule has 0 aliphatic carbocycles. The molecular formula is C18H28N4O3. The minimum absolute atomic E-state index is 0.125. The van der Waals surface area contributed by atoms with E-state index in [1.165, 1.54) is 4.90 Å². The summed E-state index contributed by atoms with van der Waals surface area (Å²) in [5, 5.41) is 5.54. The second-order valence-corrected chi connectivity index (χ2v) is 6.61. The number of ether oxygens (including phenoxy) is 1. The highest BCUT2D eigenvalue weighted by atomic mass is 16.5. The zero-order chi connectivity index (χ0) is 18.4. The Bertz CT molecular complexity index is 606. The summed E-state index contributed by atoms with van der Waals surface area (Å²) in [4.78, 5) is 27.5. The van der Waals surface area contributed by atoms with Crippen molar-refractivity contribution in [2.45, 2.75) is 19.4 Å². The number of urea groups is 1. The highest BCUT2D eigenvalue weighted by molar-refractivity contribution is 5.86. The number of benzene rings is 1. The van der Waals surface area contributed by atoms with Crippen molar-refractivity contribution in [1.82, 2.24) is 15.5 Å². The van der Waals surface area contributed by atoms with Crippen molar-refractivity contribution in [1.29, 1.82) is 0 Å². The van der Waals surface area contributed by atoms with E-state index in [1.54, 1.807) is 28.1 Å². The first kappa shape index (κ1) is 18.9. The van der Waals surface area contributed by atoms with E-state index in [2.05, 4.69) is 21.6 Å². The monoisotopic (exact) mass is 348 g/mol. The second kappa shape index (κ2) is 8.60. The number of likely N-dealkylation sites (N-methyl/N-ethyl adjacent to an activating group) is 1. The Morgan fingerprint density at radius 3 is 2.84 bits per heavy atom. The van der Waals surface area contributed by atoms with Crippen molar-refractivity contribution in [3.8, 4) is 5.75 Å². The van der Waals surface area contributed by atoms with Crippen molar-refractivity contribution in [2.24, 2.45) is 5.92 Å². The van der Waals surface area contributed by atoms with Crippen LogP contribution >= 0.6 is 0 Å². The first-order valence-corrected chi connectivity index (χ1v) is 8.55. The Morgan fingerprint density at radius 2 is 2.16 bits per heavy atom. The first-order chi connectivity index (χ1) is 11.9. The molecule has 1 saturated heterocycles. The van der Waals surface area contributed by atoms with Crippen LogP contribution in [-0.2, 0) is 4.79 Å². The van der Waals surface area contributed by atoms with Gasteiger partial charge in [-0.25, -0.2) is 4.79 Å². The molecule has 1 heterocycles. The molecule has 138 valence electrons. The molecule has 2 unspecified atom stereocenters. The van der Waals surface area contributed by atoms with E-state index >= 15 is 0 Å². The average molecular weight is 348 g/mol. The minimum Gasteiger partial charge on any atom is -0.497 e. The molecular weight excluding hydrogens is 320 g/mol. The molecule has 0 aromatic heterocycles. The van der Waals surface area contributed by atoms with Gasteiger partial charge in [-0.1, -0.05) is 6.07 Å². The Kier molecular flexibility index (Phi) is 6.50. The summed E-state index contributed by atoms with van der Waals surface area (Å²) in [6.45, 7) is 4.12. The Balaban J connectivity index is 1.77. The smallest absolute Gasteiger partial charge is 0.315 e. The van der Waals surface area contributed by atoms with Crippen LogP contribution in [0.1, 0.15) is 13.3 Å². The van der Waals surface area contributed by atoms with Crippen molar-refractivity contribution in [3.63, 3.8) is 0 Å². The van der Waals surface area contributed by atoms with Gasteiger partial charge in [0.1, 0.15) is 11.8 Å². The lowest BCUT2D eigenvalue weighted by Gasteiger charge is -2.20. The van der Waals surface area contributed by atoms with E-state index in [0.717, 1.165) is 30.9 Å². The zero-order valence-electron chi connectivity index (χ0n) is 15.4. The maximum absolute atomic E-state index is 11.9. The van der Waals surface area contributed by atoms with Crippen molar-refractivity contribution in [3.05, 3.63) is 24.3 Å². The van der Waals surface area contributed by atoms with Crippen LogP contribution < -0.4 is 20.3 Å². The van der Waals surface area contributed by atoms with Crippen LogP contribution in [0.25, 0.3) is 0 Å². The zero-order valence-corrected chi connectivity index (χ0v) is 15.4. The highest BCUT2D eigenvalue weighted by Crippen LogP contribution is 2.26. The van der Waals surface area contributed by atoms with Crippen molar-refractivity contribution >= 4 is 17.6 Å². The molecule has 0 radical (unpaired) electrons. The lowest BCUT2D eigenvalue weighted by Crippen LogP contribution is -2.48. The van der Waals surface area contributed by atoms with Gasteiger partial charge in [-0.15, -0.1) is 0 Å². The number of nitrogens with zero attached hydrogens (tertiary/aromatic N) is 2. The molecule has 2 atom stereocenters. The summed E-state index contributed by atoms with van der Waals surface area (Å²) < 4.78 is 5.27. The molecule has 1 aromatic rings. The Hall–Kier alpha value is -2.44. The summed E-state index contributed by atoms with van der Waals surface area (Å²) in [5.74, 6) is 1.11. The van der Waals surface area contributed by atoms with Crippen molar-refractivity contribution < 1.29 is 14.3 Å². The first-order valence-electron chi connectivity index (χ1n) is 8.55. The average Bonchev–Trinajstić information content (AvgIpc) is 3.08. The third kappa shape index (κ3) is 5.27. The van der Waals surface area contributed by atoms with Gasteiger partial charge in [0.05, 0.1) is 7.11 Å². The molecule has 1 aliphatic heterocycles. The molecule has 25 heavy (non-hydrogen) atoms. The molecule has 7 heteroatoms. The number of rotatable bonds is 6. The molecule has 1 fully saturated rings. The maximum Gasteiger partial charge on any atom is 0.315 e. The van der Waals surface area contributed by atoms with Crippen LogP contribution in [0.15, 0.2) is 24.3 Å². The minimum atomic E-state index is -0.535. The van der Waals surface area contributed by atoms with Gasteiger partial charge in [0.15, 0.2) is 0 Å². The second-order valence-electron chi connectivity index (χ2n) is 6.61. The molecule has 0 spiro atoms. The molecule has 1 aliphatic rings. The fraction of sp³-hybridized carbons (Fsp3) is 0.556. The maximum atomic E-state index is 11.9. The number of carbonyl (C=O) groups excluding carboxylic acids is 2. The van der Waals surface area contributed by atoms with E-state index in [9.17, 15) is 9.59 Å². The van der Waals surface area contributed by atoms with Gasteiger partial charge in [0.25, 0.3) is 0 Å². The van der Waals surface area contributed by atoms with E-state index in [4.69, 9.17) is 4.74 Å². The lowest BCUT2D eigenvalue weighted by molar-refractivity contribution is -0.130. The molecule has 2 rings (SSSR count). The third-order valence-corrected chi connectivity index (χ3v) is 4.41.